The van der Waals surface area contributed by atoms with Gasteiger partial charge < -0.3 is 10.2 Å². The topological polar surface area (TPSA) is 144 Å². The molecule has 11 nitrogen and oxygen atoms in total. The summed E-state index contributed by atoms with van der Waals surface area (Å²) in [6.45, 7) is 2.23. The van der Waals surface area contributed by atoms with Gasteiger partial charge in [-0.15, -0.1) is 4.47 Å². The lowest BCUT2D eigenvalue weighted by atomic mass is 9.81. The van der Waals surface area contributed by atoms with Crippen LogP contribution in [0.1, 0.15) is 37.9 Å². The Kier molecular flexibility index (Phi) is 11.8. The zero-order valence-electron chi connectivity index (χ0n) is 30.3. The number of fused-ring (bicyclic) bond motifs is 2. The lowest BCUT2D eigenvalue weighted by Gasteiger charge is -2.33. The number of hydrogen-bond acceptors (Lipinski definition) is 9. The number of aliphatic hydroxyl groups is 2. The Morgan fingerprint density at radius 1 is 1.21 bits per heavy atom. The van der Waals surface area contributed by atoms with Gasteiger partial charge in [-0.3, -0.25) is 19.7 Å². The molecule has 0 amide bonds. The molecule has 6 atom stereocenters. The first-order valence-electron chi connectivity index (χ1n) is 17.2. The second-order valence-corrected chi connectivity index (χ2v) is 17.9. The Balaban J connectivity index is 1.44. The fraction of sp³-hybridized carbons (Fsp3) is 0.444. The van der Waals surface area contributed by atoms with Crippen LogP contribution in [0.15, 0.2) is 73.8 Å². The number of nitrogens with one attached hydrogen (secondary N) is 2. The summed E-state index contributed by atoms with van der Waals surface area (Å²) in [5, 5.41) is 29.8. The molecule has 0 saturated heterocycles. The van der Waals surface area contributed by atoms with Gasteiger partial charge in [-0.2, -0.15) is 22.7 Å². The molecule has 0 spiro atoms. The molecular formula is C36H38ClF6N7O4S2. The first-order valence-corrected chi connectivity index (χ1v) is 20.8. The minimum atomic E-state index is -3.74. The standard InChI is InChI=1S/C36H38ClF6N7O4S2/c1-35(2,52)10-9-22-7-8-24(23(6-5-11-37)28-17-29(46-49(28)3)47-56(4,53)54)31(44-22)27(14-19-12-20(38)15-21(39)13-19)45-30(51)18-50-33-32(55(48-50)34(40)41)25-16-26(25)36(33,42)43/h5-7,11-13,15,17,24-27,30,34,45,51-52H,8,14,16,18H2,1-4H3,(H,46,47)/b11-5+,23-6-/t24?,25-,26+,27-,30?,55?/m0/s1. The van der Waals surface area contributed by atoms with Crippen molar-refractivity contribution < 1.29 is 45.0 Å². The van der Waals surface area contributed by atoms with Crippen molar-refractivity contribution in [2.75, 3.05) is 17.5 Å². The fourth-order valence-electron chi connectivity index (χ4n) is 7.08. The average molecular weight is 846 g/mol. The highest BCUT2D eigenvalue weighted by molar-refractivity contribution is 7.92. The van der Waals surface area contributed by atoms with Gasteiger partial charge in [0, 0.05) is 63.8 Å². The van der Waals surface area contributed by atoms with E-state index in [1.54, 1.807) is 19.2 Å². The smallest absolute Gasteiger partial charge is 0.300 e. The summed E-state index contributed by atoms with van der Waals surface area (Å²) in [7, 11) is -4.30. The average Bonchev–Trinajstić information content (AvgIpc) is 3.60. The highest BCUT2D eigenvalue weighted by atomic mass is 35.5. The van der Waals surface area contributed by atoms with Crippen molar-refractivity contribution in [2.24, 2.45) is 34.3 Å². The van der Waals surface area contributed by atoms with Gasteiger partial charge in [-0.25, -0.2) is 22.2 Å². The van der Waals surface area contributed by atoms with Crippen molar-refractivity contribution in [3.63, 3.8) is 0 Å². The molecule has 6 rings (SSSR count). The van der Waals surface area contributed by atoms with E-state index < -0.39 is 91.9 Å². The maximum absolute atomic E-state index is 15.4. The number of rotatable bonds is 13. The van der Waals surface area contributed by atoms with Gasteiger partial charge >= 0.3 is 0 Å². The third-order valence-electron chi connectivity index (χ3n) is 9.28. The maximum Gasteiger partial charge on any atom is 0.300 e. The molecule has 2 aliphatic carbocycles. The van der Waals surface area contributed by atoms with Crippen molar-refractivity contribution in [3.05, 3.63) is 87.2 Å². The summed E-state index contributed by atoms with van der Waals surface area (Å²) in [5.74, 6) is -5.38. The quantitative estimate of drug-likeness (QED) is 0.0891. The fourth-order valence-corrected chi connectivity index (χ4v) is 9.35. The summed E-state index contributed by atoms with van der Waals surface area (Å²) in [6, 6.07) is 3.11. The number of benzene rings is 1. The van der Waals surface area contributed by atoms with Crippen molar-refractivity contribution in [1.82, 2.24) is 20.1 Å². The molecule has 0 radical (unpaired) electrons. The first-order chi connectivity index (χ1) is 26.1. The summed E-state index contributed by atoms with van der Waals surface area (Å²) >= 11 is 5.94. The van der Waals surface area contributed by atoms with Crippen LogP contribution in [0.2, 0.25) is 0 Å². The lowest BCUT2D eigenvalue weighted by molar-refractivity contribution is -0.0130. The van der Waals surface area contributed by atoms with E-state index in [9.17, 15) is 36.2 Å². The van der Waals surface area contributed by atoms with Crippen LogP contribution in [0.25, 0.3) is 5.57 Å². The van der Waals surface area contributed by atoms with Crippen molar-refractivity contribution >= 4 is 49.4 Å². The second kappa shape index (κ2) is 15.8. The summed E-state index contributed by atoms with van der Waals surface area (Å²) in [4.78, 5) is 4.70. The molecule has 2 aromatic rings. The number of aromatic nitrogens is 2. The molecule has 1 saturated carbocycles. The number of nitrogens with zero attached hydrogens (tertiary/aromatic N) is 5. The van der Waals surface area contributed by atoms with Crippen molar-refractivity contribution in [1.29, 1.82) is 0 Å². The predicted octanol–water partition coefficient (Wildman–Crippen LogP) is 5.60. The Labute approximate surface area is 327 Å². The van der Waals surface area contributed by atoms with E-state index in [-0.39, 0.29) is 47.0 Å². The number of hydrogen-bond donors (Lipinski definition) is 4. The Morgan fingerprint density at radius 3 is 2.54 bits per heavy atom. The van der Waals surface area contributed by atoms with Gasteiger partial charge in [-0.1, -0.05) is 29.7 Å². The third kappa shape index (κ3) is 9.27. The van der Waals surface area contributed by atoms with E-state index in [0.717, 1.165) is 23.4 Å². The molecular weight excluding hydrogens is 808 g/mol. The molecule has 1 fully saturated rings. The third-order valence-corrected chi connectivity index (χ3v) is 11.7. The Morgan fingerprint density at radius 2 is 1.91 bits per heavy atom. The van der Waals surface area contributed by atoms with Crippen LogP contribution in [0.5, 0.6) is 0 Å². The number of halogens is 7. The molecule has 302 valence electrons. The summed E-state index contributed by atoms with van der Waals surface area (Å²) in [5.41, 5.74) is 0.492. The largest absolute Gasteiger partial charge is 0.378 e. The SMILES string of the molecule is Cn1nc(NS(C)(=O)=O)cc1/C(=C\C=C\Cl)C1CC=C(C#CC(C)(C)O)N=C1[C@H](Cc1cc(F)cc(F)c1)NC(O)CN1N=S(C(F)F)C2=C1C(F)(F)[C@@H]1C[C@H]21. The van der Waals surface area contributed by atoms with E-state index in [1.807, 2.05) is 0 Å². The second-order valence-electron chi connectivity index (χ2n) is 14.3. The molecule has 2 aliphatic heterocycles. The molecule has 20 heteroatoms. The number of β-amino-alcohol motifs (C(OH)–C–C–N with tert-alkyl or cyclic N) is 1. The predicted molar refractivity (Wildman–Crippen MR) is 201 cm³/mol. The van der Waals surface area contributed by atoms with E-state index in [0.29, 0.717) is 17.3 Å². The maximum atomic E-state index is 15.4. The van der Waals surface area contributed by atoms with Crippen LogP contribution >= 0.6 is 11.6 Å². The van der Waals surface area contributed by atoms with E-state index >= 15 is 8.78 Å². The van der Waals surface area contributed by atoms with Crippen LogP contribution in [0, 0.1) is 41.2 Å². The Hall–Kier alpha value is -3.93. The van der Waals surface area contributed by atoms with E-state index in [1.165, 1.54) is 36.2 Å². The summed E-state index contributed by atoms with van der Waals surface area (Å²) < 4.78 is 120. The number of aryl methyl sites for hydroxylation is 1. The highest BCUT2D eigenvalue weighted by Crippen LogP contribution is 2.66. The molecule has 1 aromatic heterocycles. The van der Waals surface area contributed by atoms with Crippen LogP contribution in [0.4, 0.5) is 32.2 Å². The number of allylic oxidation sites excluding steroid dienone is 7. The normalized spacial score (nSPS) is 24.3. The highest BCUT2D eigenvalue weighted by Gasteiger charge is 2.69. The zero-order valence-corrected chi connectivity index (χ0v) is 32.7. The lowest BCUT2D eigenvalue weighted by Crippen LogP contribution is -2.51. The van der Waals surface area contributed by atoms with Crippen molar-refractivity contribution in [2.45, 2.75) is 62.7 Å². The number of aliphatic hydroxyl groups excluding tert-OH is 1. The van der Waals surface area contributed by atoms with Gasteiger partial charge in [0.05, 0.1) is 24.5 Å². The van der Waals surface area contributed by atoms with E-state index in [4.69, 9.17) is 16.6 Å². The Bertz CT molecular complexity index is 2250. The number of anilines is 1. The van der Waals surface area contributed by atoms with Gasteiger partial charge in [0.2, 0.25) is 10.0 Å². The van der Waals surface area contributed by atoms with Crippen LogP contribution in [0.3, 0.4) is 0 Å². The number of aliphatic imine (C=N–C) groups is 1. The van der Waals surface area contributed by atoms with Gasteiger partial charge in [0.1, 0.15) is 34.9 Å². The molecule has 3 heterocycles. The molecule has 1 aromatic carbocycles. The van der Waals surface area contributed by atoms with Crippen LogP contribution in [-0.2, 0) is 34.2 Å². The molecule has 3 unspecified atom stereocenters. The molecule has 4 N–H and O–H groups in total. The minimum absolute atomic E-state index is 0.0140. The van der Waals surface area contributed by atoms with Gasteiger partial charge in [-0.05, 0) is 68.4 Å². The number of alkyl halides is 4. The first kappa shape index (κ1) is 41.7. The molecule has 0 bridgehead atoms. The van der Waals surface area contributed by atoms with Crippen LogP contribution in [-0.4, -0.2) is 81.5 Å². The monoisotopic (exact) mass is 845 g/mol. The minimum Gasteiger partial charge on any atom is -0.378 e. The van der Waals surface area contributed by atoms with Crippen LogP contribution < -0.4 is 10.0 Å². The number of sulfonamides is 1. The van der Waals surface area contributed by atoms with E-state index in [2.05, 4.69) is 31.5 Å². The molecule has 56 heavy (non-hydrogen) atoms. The summed E-state index contributed by atoms with van der Waals surface area (Å²) in [6.07, 6.45) is 3.95. The van der Waals surface area contributed by atoms with Gasteiger partial charge in [0.15, 0.2) is 5.82 Å². The van der Waals surface area contributed by atoms with Crippen molar-refractivity contribution in [3.8, 4) is 11.8 Å². The van der Waals surface area contributed by atoms with Gasteiger partial charge in [0.25, 0.3) is 11.7 Å². The zero-order chi connectivity index (χ0) is 40.9. The molecule has 4 aliphatic rings.